The summed E-state index contributed by atoms with van der Waals surface area (Å²) in [6, 6.07) is 20.2. The van der Waals surface area contributed by atoms with Crippen molar-refractivity contribution in [2.45, 2.75) is 10.9 Å². The van der Waals surface area contributed by atoms with Crippen LogP contribution in [0.2, 0.25) is 0 Å². The second-order valence-corrected chi connectivity index (χ2v) is 7.83. The average Bonchev–Trinajstić information content (AvgIpc) is 3.15. The molecule has 0 spiro atoms. The van der Waals surface area contributed by atoms with Gasteiger partial charge in [-0.2, -0.15) is 0 Å². The Hall–Kier alpha value is -2.57. The van der Waals surface area contributed by atoms with Crippen molar-refractivity contribution in [3.8, 4) is 5.69 Å². The molecule has 0 radical (unpaired) electrons. The number of thiophene rings is 1. The fraction of sp³-hybridized carbons (Fsp3) is 0.0526. The topological polar surface area (TPSA) is 52.0 Å². The SMILES string of the molecule is O=c1c2ccccc2nc(S(=O)Cc2cccs2)n1-c1ccccc1. The lowest BCUT2D eigenvalue weighted by molar-refractivity contribution is 0.667. The van der Waals surface area contributed by atoms with Crippen LogP contribution in [0, 0.1) is 0 Å². The van der Waals surface area contributed by atoms with Crippen molar-refractivity contribution in [2.75, 3.05) is 0 Å². The number of benzene rings is 2. The van der Waals surface area contributed by atoms with E-state index < -0.39 is 10.8 Å². The van der Waals surface area contributed by atoms with E-state index in [9.17, 15) is 9.00 Å². The van der Waals surface area contributed by atoms with Gasteiger partial charge in [0.05, 0.1) is 33.1 Å². The van der Waals surface area contributed by atoms with E-state index in [2.05, 4.69) is 4.98 Å². The zero-order valence-electron chi connectivity index (χ0n) is 13.2. The number of rotatable bonds is 4. The minimum Gasteiger partial charge on any atom is -0.268 e. The molecule has 4 aromatic rings. The van der Waals surface area contributed by atoms with Crippen LogP contribution in [0.5, 0.6) is 0 Å². The third kappa shape index (κ3) is 3.06. The molecule has 1 atom stereocenters. The van der Waals surface area contributed by atoms with Crippen LogP contribution >= 0.6 is 11.3 Å². The van der Waals surface area contributed by atoms with Crippen molar-refractivity contribution >= 4 is 33.0 Å². The predicted molar refractivity (Wildman–Crippen MR) is 102 cm³/mol. The van der Waals surface area contributed by atoms with E-state index in [-0.39, 0.29) is 10.7 Å². The molecule has 0 fully saturated rings. The van der Waals surface area contributed by atoms with Crippen molar-refractivity contribution in [1.29, 1.82) is 0 Å². The highest BCUT2D eigenvalue weighted by atomic mass is 32.2. The normalized spacial score (nSPS) is 12.3. The van der Waals surface area contributed by atoms with Crippen molar-refractivity contribution < 1.29 is 4.21 Å². The van der Waals surface area contributed by atoms with E-state index in [1.807, 2.05) is 60.0 Å². The maximum atomic E-state index is 13.0. The minimum atomic E-state index is -1.43. The Labute approximate surface area is 150 Å². The van der Waals surface area contributed by atoms with Gasteiger partial charge in [-0.05, 0) is 35.7 Å². The summed E-state index contributed by atoms with van der Waals surface area (Å²) >= 11 is 1.55. The first-order valence-corrected chi connectivity index (χ1v) is 9.92. The van der Waals surface area contributed by atoms with E-state index in [0.29, 0.717) is 22.3 Å². The Kier molecular flexibility index (Phi) is 4.29. The molecule has 0 bridgehead atoms. The van der Waals surface area contributed by atoms with Gasteiger partial charge in [-0.25, -0.2) is 4.98 Å². The highest BCUT2D eigenvalue weighted by Gasteiger charge is 2.18. The molecule has 6 heteroatoms. The lowest BCUT2D eigenvalue weighted by Gasteiger charge is -2.13. The molecule has 124 valence electrons. The van der Waals surface area contributed by atoms with E-state index in [4.69, 9.17) is 0 Å². The van der Waals surface area contributed by atoms with Crippen LogP contribution in [0.15, 0.2) is 82.1 Å². The van der Waals surface area contributed by atoms with Crippen LogP contribution in [0.1, 0.15) is 4.88 Å². The van der Waals surface area contributed by atoms with Gasteiger partial charge in [-0.1, -0.05) is 36.4 Å². The highest BCUT2D eigenvalue weighted by Crippen LogP contribution is 2.19. The van der Waals surface area contributed by atoms with Gasteiger partial charge in [0.15, 0.2) is 0 Å². The first kappa shape index (κ1) is 15.9. The quantitative estimate of drug-likeness (QED) is 0.517. The van der Waals surface area contributed by atoms with Crippen LogP contribution in [0.3, 0.4) is 0 Å². The van der Waals surface area contributed by atoms with Gasteiger partial charge in [-0.3, -0.25) is 13.6 Å². The second-order valence-electron chi connectivity index (χ2n) is 5.46. The molecule has 0 saturated carbocycles. The van der Waals surface area contributed by atoms with Gasteiger partial charge < -0.3 is 0 Å². The minimum absolute atomic E-state index is 0.202. The molecule has 0 aliphatic heterocycles. The average molecular weight is 366 g/mol. The standard InChI is InChI=1S/C19H14N2O2S2/c22-18-16-10-4-5-11-17(16)20-19(21(18)14-7-2-1-3-8-14)25(23)13-15-9-6-12-24-15/h1-12H,13H2. The monoisotopic (exact) mass is 366 g/mol. The number of hydrogen-bond acceptors (Lipinski definition) is 4. The molecule has 4 nitrogen and oxygen atoms in total. The van der Waals surface area contributed by atoms with Crippen LogP contribution in [-0.4, -0.2) is 13.8 Å². The maximum absolute atomic E-state index is 13.0. The molecule has 2 aromatic heterocycles. The fourth-order valence-electron chi connectivity index (χ4n) is 2.66. The van der Waals surface area contributed by atoms with Gasteiger partial charge in [0.2, 0.25) is 5.16 Å². The Morgan fingerprint density at radius 3 is 2.48 bits per heavy atom. The number of aromatic nitrogens is 2. The van der Waals surface area contributed by atoms with E-state index in [0.717, 1.165) is 4.88 Å². The lowest BCUT2D eigenvalue weighted by Crippen LogP contribution is -2.24. The van der Waals surface area contributed by atoms with Crippen molar-refractivity contribution in [1.82, 2.24) is 9.55 Å². The second kappa shape index (κ2) is 6.74. The van der Waals surface area contributed by atoms with Crippen molar-refractivity contribution in [3.05, 3.63) is 87.3 Å². The number of para-hydroxylation sites is 2. The molecular formula is C19H14N2O2S2. The van der Waals surface area contributed by atoms with Crippen LogP contribution in [0.25, 0.3) is 16.6 Å². The largest absolute Gasteiger partial charge is 0.268 e. The molecule has 1 unspecified atom stereocenters. The first-order chi connectivity index (χ1) is 12.2. The molecule has 0 saturated heterocycles. The van der Waals surface area contributed by atoms with Crippen LogP contribution in [0.4, 0.5) is 0 Å². The number of nitrogens with zero attached hydrogens (tertiary/aromatic N) is 2. The van der Waals surface area contributed by atoms with Crippen molar-refractivity contribution in [3.63, 3.8) is 0 Å². The molecule has 0 N–H and O–H groups in total. The summed E-state index contributed by atoms with van der Waals surface area (Å²) in [5.41, 5.74) is 1.03. The van der Waals surface area contributed by atoms with Crippen LogP contribution < -0.4 is 5.56 Å². The van der Waals surface area contributed by atoms with Crippen LogP contribution in [-0.2, 0) is 16.6 Å². The van der Waals surface area contributed by atoms with Gasteiger partial charge in [0.1, 0.15) is 0 Å². The predicted octanol–water partition coefficient (Wildman–Crippen LogP) is 3.76. The van der Waals surface area contributed by atoms with Gasteiger partial charge in [0.25, 0.3) is 5.56 Å². The Morgan fingerprint density at radius 2 is 1.72 bits per heavy atom. The van der Waals surface area contributed by atoms with Gasteiger partial charge in [-0.15, -0.1) is 11.3 Å². The van der Waals surface area contributed by atoms with E-state index >= 15 is 0 Å². The molecule has 0 aliphatic carbocycles. The summed E-state index contributed by atoms with van der Waals surface area (Å²) in [7, 11) is -1.43. The fourth-order valence-corrected chi connectivity index (χ4v) is 4.82. The zero-order valence-corrected chi connectivity index (χ0v) is 14.8. The molecule has 2 heterocycles. The summed E-state index contributed by atoms with van der Waals surface area (Å²) in [6.45, 7) is 0. The summed E-state index contributed by atoms with van der Waals surface area (Å²) in [5, 5.41) is 2.75. The highest BCUT2D eigenvalue weighted by molar-refractivity contribution is 7.84. The maximum Gasteiger partial charge on any atom is 0.266 e. The molecule has 0 aliphatic rings. The molecule has 0 amide bonds. The van der Waals surface area contributed by atoms with Gasteiger partial charge in [0, 0.05) is 4.88 Å². The van der Waals surface area contributed by atoms with E-state index in [1.54, 1.807) is 23.5 Å². The number of fused-ring (bicyclic) bond motifs is 1. The van der Waals surface area contributed by atoms with E-state index in [1.165, 1.54) is 4.57 Å². The first-order valence-electron chi connectivity index (χ1n) is 7.72. The Morgan fingerprint density at radius 1 is 0.960 bits per heavy atom. The van der Waals surface area contributed by atoms with Gasteiger partial charge >= 0.3 is 0 Å². The summed E-state index contributed by atoms with van der Waals surface area (Å²) in [5.74, 6) is 0.343. The zero-order chi connectivity index (χ0) is 17.2. The third-order valence-corrected chi connectivity index (χ3v) is 6.13. The molecular weight excluding hydrogens is 352 g/mol. The summed E-state index contributed by atoms with van der Waals surface area (Å²) < 4.78 is 14.5. The Balaban J connectivity index is 1.95. The summed E-state index contributed by atoms with van der Waals surface area (Å²) in [4.78, 5) is 18.6. The Bertz CT molecular complexity index is 1100. The molecule has 4 rings (SSSR count). The number of hydrogen-bond donors (Lipinski definition) is 0. The third-order valence-electron chi connectivity index (χ3n) is 3.82. The summed E-state index contributed by atoms with van der Waals surface area (Å²) in [6.07, 6.45) is 0. The van der Waals surface area contributed by atoms with Crippen molar-refractivity contribution in [2.24, 2.45) is 0 Å². The lowest BCUT2D eigenvalue weighted by atomic mass is 10.2. The molecule has 2 aromatic carbocycles. The smallest absolute Gasteiger partial charge is 0.266 e. The molecule has 25 heavy (non-hydrogen) atoms.